The van der Waals surface area contributed by atoms with Gasteiger partial charge in [0.15, 0.2) is 0 Å². The number of carbonyl (C=O) groups excluding carboxylic acids is 1. The van der Waals surface area contributed by atoms with E-state index in [2.05, 4.69) is 83.1 Å². The van der Waals surface area contributed by atoms with Gasteiger partial charge in [-0.15, -0.1) is 5.10 Å². The first-order chi connectivity index (χ1) is 14.6. The SMILES string of the molecule is CCCC(=O)n1nc(NCc2ccc(CC)cc2)nc1NCc1ccc(CC)cc1. The van der Waals surface area contributed by atoms with Crippen LogP contribution in [0.1, 0.15) is 60.7 Å². The molecule has 3 rings (SSSR count). The van der Waals surface area contributed by atoms with Crippen LogP contribution in [-0.4, -0.2) is 20.7 Å². The predicted molar refractivity (Wildman–Crippen MR) is 122 cm³/mol. The van der Waals surface area contributed by atoms with Crippen LogP contribution in [0.4, 0.5) is 11.9 Å². The minimum atomic E-state index is -0.0609. The van der Waals surface area contributed by atoms with Gasteiger partial charge in [0, 0.05) is 19.5 Å². The van der Waals surface area contributed by atoms with Gasteiger partial charge in [-0.25, -0.2) is 0 Å². The van der Waals surface area contributed by atoms with Crippen molar-refractivity contribution >= 4 is 17.8 Å². The van der Waals surface area contributed by atoms with Crippen molar-refractivity contribution in [3.05, 3.63) is 70.8 Å². The van der Waals surface area contributed by atoms with E-state index >= 15 is 0 Å². The zero-order valence-corrected chi connectivity index (χ0v) is 18.1. The number of aryl methyl sites for hydroxylation is 2. The minimum Gasteiger partial charge on any atom is -0.350 e. The molecular formula is C24H31N5O. The molecule has 0 unspecified atom stereocenters. The van der Waals surface area contributed by atoms with Gasteiger partial charge in [-0.05, 0) is 41.5 Å². The highest BCUT2D eigenvalue weighted by atomic mass is 16.2. The van der Waals surface area contributed by atoms with Gasteiger partial charge in [-0.3, -0.25) is 4.79 Å². The summed E-state index contributed by atoms with van der Waals surface area (Å²) >= 11 is 0. The molecule has 0 saturated heterocycles. The van der Waals surface area contributed by atoms with Crippen molar-refractivity contribution in [1.82, 2.24) is 14.8 Å². The zero-order valence-electron chi connectivity index (χ0n) is 18.1. The van der Waals surface area contributed by atoms with Crippen molar-refractivity contribution in [2.75, 3.05) is 10.6 Å². The Morgan fingerprint density at radius 3 is 1.80 bits per heavy atom. The first kappa shape index (κ1) is 21.6. The van der Waals surface area contributed by atoms with Gasteiger partial charge in [0.1, 0.15) is 0 Å². The monoisotopic (exact) mass is 405 g/mol. The lowest BCUT2D eigenvalue weighted by molar-refractivity contribution is 0.0888. The third kappa shape index (κ3) is 5.69. The molecule has 0 aliphatic heterocycles. The first-order valence-electron chi connectivity index (χ1n) is 10.8. The number of anilines is 2. The molecule has 6 heteroatoms. The van der Waals surface area contributed by atoms with Crippen LogP contribution < -0.4 is 10.6 Å². The molecule has 0 saturated carbocycles. The van der Waals surface area contributed by atoms with E-state index in [0.29, 0.717) is 31.4 Å². The van der Waals surface area contributed by atoms with Crippen molar-refractivity contribution in [2.24, 2.45) is 0 Å². The average molecular weight is 406 g/mol. The van der Waals surface area contributed by atoms with Gasteiger partial charge in [-0.1, -0.05) is 69.3 Å². The van der Waals surface area contributed by atoms with Gasteiger partial charge < -0.3 is 10.6 Å². The summed E-state index contributed by atoms with van der Waals surface area (Å²) in [5.41, 5.74) is 4.90. The topological polar surface area (TPSA) is 71.8 Å². The molecule has 1 heterocycles. The smallest absolute Gasteiger partial charge is 0.250 e. The Balaban J connectivity index is 1.69. The summed E-state index contributed by atoms with van der Waals surface area (Å²) in [6, 6.07) is 16.9. The number of benzene rings is 2. The molecule has 30 heavy (non-hydrogen) atoms. The molecule has 0 spiro atoms. The molecule has 0 aliphatic rings. The largest absolute Gasteiger partial charge is 0.350 e. The summed E-state index contributed by atoms with van der Waals surface area (Å²) in [6.07, 6.45) is 3.24. The zero-order chi connectivity index (χ0) is 21.3. The summed E-state index contributed by atoms with van der Waals surface area (Å²) in [5, 5.41) is 10.9. The van der Waals surface area contributed by atoms with Crippen molar-refractivity contribution in [3.8, 4) is 0 Å². The Bertz CT molecular complexity index is 945. The number of nitrogens with one attached hydrogen (secondary N) is 2. The molecule has 0 fully saturated rings. The van der Waals surface area contributed by atoms with E-state index in [4.69, 9.17) is 0 Å². The molecule has 2 aromatic carbocycles. The normalized spacial score (nSPS) is 10.8. The maximum atomic E-state index is 12.5. The second kappa shape index (κ2) is 10.6. The molecule has 0 bridgehead atoms. The number of rotatable bonds is 10. The highest BCUT2D eigenvalue weighted by molar-refractivity contribution is 5.81. The predicted octanol–water partition coefficient (Wildman–Crippen LogP) is 5.07. The second-order valence-corrected chi connectivity index (χ2v) is 7.36. The van der Waals surface area contributed by atoms with Crippen molar-refractivity contribution in [3.63, 3.8) is 0 Å². The van der Waals surface area contributed by atoms with Gasteiger partial charge in [-0.2, -0.15) is 9.67 Å². The van der Waals surface area contributed by atoms with Crippen LogP contribution in [0.2, 0.25) is 0 Å². The molecule has 3 aromatic rings. The van der Waals surface area contributed by atoms with Gasteiger partial charge in [0.05, 0.1) is 0 Å². The summed E-state index contributed by atoms with van der Waals surface area (Å²) in [5.74, 6) is 0.855. The van der Waals surface area contributed by atoms with E-state index in [1.165, 1.54) is 15.8 Å². The van der Waals surface area contributed by atoms with E-state index in [1.807, 2.05) is 6.92 Å². The van der Waals surface area contributed by atoms with E-state index in [-0.39, 0.29) is 5.91 Å². The maximum Gasteiger partial charge on any atom is 0.250 e. The van der Waals surface area contributed by atoms with Crippen molar-refractivity contribution < 1.29 is 4.79 Å². The third-order valence-corrected chi connectivity index (χ3v) is 5.07. The average Bonchev–Trinajstić information content (AvgIpc) is 3.20. The van der Waals surface area contributed by atoms with Crippen LogP contribution in [0.5, 0.6) is 0 Å². The molecule has 0 radical (unpaired) electrons. The summed E-state index contributed by atoms with van der Waals surface area (Å²) in [4.78, 5) is 17.0. The van der Waals surface area contributed by atoms with Gasteiger partial charge in [0.25, 0.3) is 0 Å². The Hall–Kier alpha value is -3.15. The number of hydrogen-bond acceptors (Lipinski definition) is 5. The third-order valence-electron chi connectivity index (χ3n) is 5.07. The number of hydrogen-bond donors (Lipinski definition) is 2. The molecular weight excluding hydrogens is 374 g/mol. The number of nitrogens with zero attached hydrogens (tertiary/aromatic N) is 3. The summed E-state index contributed by atoms with van der Waals surface area (Å²) < 4.78 is 1.38. The Morgan fingerprint density at radius 1 is 0.800 bits per heavy atom. The molecule has 6 nitrogen and oxygen atoms in total. The van der Waals surface area contributed by atoms with Crippen LogP contribution in [0.15, 0.2) is 48.5 Å². The molecule has 0 atom stereocenters. The molecule has 2 N–H and O–H groups in total. The Labute approximate surface area is 178 Å². The van der Waals surface area contributed by atoms with Crippen LogP contribution in [0.3, 0.4) is 0 Å². The van der Waals surface area contributed by atoms with Gasteiger partial charge >= 0.3 is 0 Å². The van der Waals surface area contributed by atoms with Crippen LogP contribution >= 0.6 is 0 Å². The van der Waals surface area contributed by atoms with E-state index in [0.717, 1.165) is 30.4 Å². The molecule has 1 aromatic heterocycles. The fourth-order valence-electron chi connectivity index (χ4n) is 3.14. The quantitative estimate of drug-likeness (QED) is 0.493. The highest BCUT2D eigenvalue weighted by Crippen LogP contribution is 2.14. The summed E-state index contributed by atoms with van der Waals surface area (Å²) in [6.45, 7) is 7.45. The van der Waals surface area contributed by atoms with Crippen LogP contribution in [0, 0.1) is 0 Å². The fraction of sp³-hybridized carbons (Fsp3) is 0.375. The first-order valence-corrected chi connectivity index (χ1v) is 10.8. The second-order valence-electron chi connectivity index (χ2n) is 7.36. The van der Waals surface area contributed by atoms with E-state index in [9.17, 15) is 4.79 Å². The molecule has 0 amide bonds. The van der Waals surface area contributed by atoms with Crippen LogP contribution in [0.25, 0.3) is 0 Å². The Morgan fingerprint density at radius 2 is 1.30 bits per heavy atom. The molecule has 0 aliphatic carbocycles. The van der Waals surface area contributed by atoms with Crippen molar-refractivity contribution in [1.29, 1.82) is 0 Å². The van der Waals surface area contributed by atoms with Crippen molar-refractivity contribution in [2.45, 2.75) is 59.5 Å². The van der Waals surface area contributed by atoms with Gasteiger partial charge in [0.2, 0.25) is 17.8 Å². The summed E-state index contributed by atoms with van der Waals surface area (Å²) in [7, 11) is 0. The maximum absolute atomic E-state index is 12.5. The standard InChI is InChI=1S/C24H31N5O/c1-4-7-22(30)29-24(26-17-21-14-10-19(6-3)11-15-21)27-23(28-29)25-16-20-12-8-18(5-2)9-13-20/h8-15H,4-7,16-17H2,1-3H3,(H2,25,26,27,28). The molecule has 158 valence electrons. The minimum absolute atomic E-state index is 0.0609. The number of carbonyl (C=O) groups is 1. The van der Waals surface area contributed by atoms with E-state index < -0.39 is 0 Å². The van der Waals surface area contributed by atoms with Crippen LogP contribution in [-0.2, 0) is 25.9 Å². The number of aromatic nitrogens is 3. The lowest BCUT2D eigenvalue weighted by atomic mass is 10.1. The lowest BCUT2D eigenvalue weighted by Gasteiger charge is -2.07. The van der Waals surface area contributed by atoms with E-state index in [1.54, 1.807) is 0 Å². The Kier molecular flexibility index (Phi) is 7.60. The lowest BCUT2D eigenvalue weighted by Crippen LogP contribution is -2.16. The highest BCUT2D eigenvalue weighted by Gasteiger charge is 2.15. The fourth-order valence-corrected chi connectivity index (χ4v) is 3.14.